The van der Waals surface area contributed by atoms with Crippen LogP contribution < -0.4 is 9.64 Å². The minimum atomic E-state index is 0.225. The summed E-state index contributed by atoms with van der Waals surface area (Å²) in [6.07, 6.45) is 8.63. The van der Waals surface area contributed by atoms with E-state index in [0.717, 1.165) is 53.5 Å². The molecule has 0 aliphatic carbocycles. The molecule has 0 bridgehead atoms. The van der Waals surface area contributed by atoms with Crippen LogP contribution in [-0.4, -0.2) is 68.5 Å². The number of piperidine rings is 2. The number of benzene rings is 1. The van der Waals surface area contributed by atoms with Crippen LogP contribution in [0.25, 0.3) is 22.9 Å². The van der Waals surface area contributed by atoms with Crippen molar-refractivity contribution in [1.82, 2.24) is 29.2 Å². The van der Waals surface area contributed by atoms with E-state index < -0.39 is 0 Å². The number of likely N-dealkylation sites (tertiary alicyclic amines) is 1. The normalized spacial score (nSPS) is 21.2. The summed E-state index contributed by atoms with van der Waals surface area (Å²) < 4.78 is 10.5. The average molecular weight is 490 g/mol. The minimum absolute atomic E-state index is 0.225. The molecule has 0 spiro atoms. The summed E-state index contributed by atoms with van der Waals surface area (Å²) in [5.41, 5.74) is 3.23. The molecule has 0 N–H and O–H groups in total. The molecule has 5 heterocycles. The second-order valence-corrected chi connectivity index (χ2v) is 11.1. The number of hydrogen-bond donors (Lipinski definition) is 0. The molecule has 1 aromatic carbocycles. The summed E-state index contributed by atoms with van der Waals surface area (Å²) in [5, 5.41) is 4.59. The molecule has 1 unspecified atom stereocenters. The summed E-state index contributed by atoms with van der Waals surface area (Å²) in [6.45, 7) is 11.2. The lowest BCUT2D eigenvalue weighted by Gasteiger charge is -2.44. The molecule has 1 atom stereocenters. The standard InChI is InChI=1S/C28H39N7O/c1-19(2)35-28(29-20(3)31-35)24-18-33-15-16-36-26-17-22(8-9-23(26)27(33)30-24)34-12-6-5-7-25(34)21-10-13-32(4)14-11-21/h8-9,17-19,21,25H,5-7,10-16H2,1-4H3. The fourth-order valence-electron chi connectivity index (χ4n) is 6.30. The lowest BCUT2D eigenvalue weighted by Crippen LogP contribution is -2.47. The average Bonchev–Trinajstić information content (AvgIpc) is 3.44. The van der Waals surface area contributed by atoms with Gasteiger partial charge in [0.05, 0.1) is 12.1 Å². The van der Waals surface area contributed by atoms with E-state index in [1.807, 2.05) is 11.6 Å². The number of hydrogen-bond acceptors (Lipinski definition) is 6. The van der Waals surface area contributed by atoms with Gasteiger partial charge in [0.25, 0.3) is 0 Å². The number of rotatable bonds is 4. The highest BCUT2D eigenvalue weighted by Gasteiger charge is 2.33. The van der Waals surface area contributed by atoms with Gasteiger partial charge in [-0.05, 0) is 91.1 Å². The molecule has 0 amide bonds. The Balaban J connectivity index is 1.32. The van der Waals surface area contributed by atoms with E-state index >= 15 is 0 Å². The maximum atomic E-state index is 6.30. The Hall–Kier alpha value is -2.87. The van der Waals surface area contributed by atoms with Crippen LogP contribution in [0.5, 0.6) is 5.75 Å². The molecule has 0 saturated carbocycles. The van der Waals surface area contributed by atoms with Crippen molar-refractivity contribution < 1.29 is 4.74 Å². The summed E-state index contributed by atoms with van der Waals surface area (Å²) in [4.78, 5) is 14.9. The molecule has 2 fully saturated rings. The largest absolute Gasteiger partial charge is 0.491 e. The van der Waals surface area contributed by atoms with E-state index in [1.165, 1.54) is 50.9 Å². The van der Waals surface area contributed by atoms with Gasteiger partial charge in [-0.1, -0.05) is 0 Å². The third-order valence-electron chi connectivity index (χ3n) is 8.22. The second-order valence-electron chi connectivity index (χ2n) is 11.1. The third-order valence-corrected chi connectivity index (χ3v) is 8.22. The summed E-state index contributed by atoms with van der Waals surface area (Å²) in [5.74, 6) is 4.28. The Morgan fingerprint density at radius 2 is 1.81 bits per heavy atom. The molecule has 3 aliphatic rings. The number of aromatic nitrogens is 5. The minimum Gasteiger partial charge on any atom is -0.491 e. The molecular formula is C28H39N7O. The van der Waals surface area contributed by atoms with Crippen LogP contribution in [0.4, 0.5) is 5.69 Å². The highest BCUT2D eigenvalue weighted by molar-refractivity contribution is 5.72. The summed E-state index contributed by atoms with van der Waals surface area (Å²) in [7, 11) is 2.25. The maximum Gasteiger partial charge on any atom is 0.178 e. The summed E-state index contributed by atoms with van der Waals surface area (Å²) in [6, 6.07) is 7.64. The Morgan fingerprint density at radius 1 is 0.972 bits per heavy atom. The first-order valence-electron chi connectivity index (χ1n) is 13.7. The number of nitrogens with zero attached hydrogens (tertiary/aromatic N) is 7. The van der Waals surface area contributed by atoms with Gasteiger partial charge in [0, 0.05) is 36.6 Å². The predicted molar refractivity (Wildman–Crippen MR) is 143 cm³/mol. The fourth-order valence-corrected chi connectivity index (χ4v) is 6.30. The number of aryl methyl sites for hydroxylation is 1. The predicted octanol–water partition coefficient (Wildman–Crippen LogP) is 4.79. The zero-order chi connectivity index (χ0) is 24.8. The van der Waals surface area contributed by atoms with Gasteiger partial charge in [-0.2, -0.15) is 5.10 Å². The van der Waals surface area contributed by atoms with Crippen molar-refractivity contribution in [3.63, 3.8) is 0 Å². The molecule has 36 heavy (non-hydrogen) atoms. The van der Waals surface area contributed by atoms with Gasteiger partial charge in [-0.15, -0.1) is 0 Å². The topological polar surface area (TPSA) is 64.2 Å². The van der Waals surface area contributed by atoms with Crippen LogP contribution in [0.2, 0.25) is 0 Å². The lowest BCUT2D eigenvalue weighted by molar-refractivity contribution is 0.183. The van der Waals surface area contributed by atoms with E-state index in [2.05, 4.69) is 64.8 Å². The molecule has 192 valence electrons. The Kier molecular flexibility index (Phi) is 6.23. The zero-order valence-corrected chi connectivity index (χ0v) is 22.2. The second kappa shape index (κ2) is 9.54. The van der Waals surface area contributed by atoms with Crippen molar-refractivity contribution in [1.29, 1.82) is 0 Å². The van der Waals surface area contributed by atoms with Gasteiger partial charge in [-0.3, -0.25) is 0 Å². The van der Waals surface area contributed by atoms with Crippen LogP contribution in [0.3, 0.4) is 0 Å². The molecular weight excluding hydrogens is 450 g/mol. The van der Waals surface area contributed by atoms with Gasteiger partial charge in [0.15, 0.2) is 5.82 Å². The number of imidazole rings is 1. The molecule has 0 radical (unpaired) electrons. The summed E-state index contributed by atoms with van der Waals surface area (Å²) >= 11 is 0. The lowest BCUT2D eigenvalue weighted by atomic mass is 9.83. The Morgan fingerprint density at radius 3 is 2.61 bits per heavy atom. The van der Waals surface area contributed by atoms with Crippen molar-refractivity contribution in [3.8, 4) is 28.7 Å². The smallest absolute Gasteiger partial charge is 0.178 e. The van der Waals surface area contributed by atoms with Crippen molar-refractivity contribution in [2.45, 2.75) is 71.5 Å². The molecule has 6 rings (SSSR count). The van der Waals surface area contributed by atoms with Crippen molar-refractivity contribution >= 4 is 5.69 Å². The first kappa shape index (κ1) is 23.5. The van der Waals surface area contributed by atoms with Crippen LogP contribution in [-0.2, 0) is 6.54 Å². The van der Waals surface area contributed by atoms with Crippen molar-refractivity contribution in [2.75, 3.05) is 38.2 Å². The number of ether oxygens (including phenoxy) is 1. The van der Waals surface area contributed by atoms with Crippen LogP contribution in [0.1, 0.15) is 57.8 Å². The maximum absolute atomic E-state index is 6.30. The van der Waals surface area contributed by atoms with Crippen molar-refractivity contribution in [2.24, 2.45) is 5.92 Å². The van der Waals surface area contributed by atoms with E-state index in [1.54, 1.807) is 0 Å². The molecule has 8 nitrogen and oxygen atoms in total. The first-order chi connectivity index (χ1) is 17.5. The van der Waals surface area contributed by atoms with E-state index in [9.17, 15) is 0 Å². The SMILES string of the molecule is Cc1nc(-c2cn3c(n2)-c2ccc(N4CCCCC4C4CCN(C)CC4)cc2OCC3)n(C(C)C)n1. The quantitative estimate of drug-likeness (QED) is 0.525. The number of anilines is 1. The highest BCUT2D eigenvalue weighted by Crippen LogP contribution is 2.40. The van der Waals surface area contributed by atoms with Gasteiger partial charge < -0.3 is 19.1 Å². The molecule has 2 saturated heterocycles. The van der Waals surface area contributed by atoms with Crippen LogP contribution in [0, 0.1) is 12.8 Å². The van der Waals surface area contributed by atoms with Crippen molar-refractivity contribution in [3.05, 3.63) is 30.2 Å². The Bertz CT molecular complexity index is 1220. The Labute approximate surface area is 214 Å². The first-order valence-corrected chi connectivity index (χ1v) is 13.7. The van der Waals surface area contributed by atoms with Gasteiger partial charge in [0.1, 0.15) is 29.7 Å². The molecule has 8 heteroatoms. The molecule has 2 aromatic heterocycles. The third kappa shape index (κ3) is 4.29. The molecule has 3 aliphatic heterocycles. The fraction of sp³-hybridized carbons (Fsp3) is 0.607. The highest BCUT2D eigenvalue weighted by atomic mass is 16.5. The van der Waals surface area contributed by atoms with Gasteiger partial charge >= 0.3 is 0 Å². The van der Waals surface area contributed by atoms with Crippen LogP contribution in [0.15, 0.2) is 24.4 Å². The van der Waals surface area contributed by atoms with Gasteiger partial charge in [-0.25, -0.2) is 14.6 Å². The molecule has 3 aromatic rings. The van der Waals surface area contributed by atoms with E-state index in [-0.39, 0.29) is 6.04 Å². The zero-order valence-electron chi connectivity index (χ0n) is 22.2. The number of fused-ring (bicyclic) bond motifs is 3. The van der Waals surface area contributed by atoms with E-state index in [4.69, 9.17) is 14.7 Å². The van der Waals surface area contributed by atoms with Gasteiger partial charge in [0.2, 0.25) is 0 Å². The monoisotopic (exact) mass is 489 g/mol. The van der Waals surface area contributed by atoms with Crippen LogP contribution >= 0.6 is 0 Å². The van der Waals surface area contributed by atoms with E-state index in [0.29, 0.717) is 12.6 Å².